The van der Waals surface area contributed by atoms with Crippen molar-refractivity contribution >= 4 is 17.6 Å². The van der Waals surface area contributed by atoms with Gasteiger partial charge >= 0.3 is 5.97 Å². The molecule has 100 valence electrons. The number of hydrogen-bond acceptors (Lipinski definition) is 4. The van der Waals surface area contributed by atoms with Gasteiger partial charge in [-0.2, -0.15) is 5.10 Å². The van der Waals surface area contributed by atoms with Gasteiger partial charge in [0.25, 0.3) is 0 Å². The molecule has 1 saturated heterocycles. The van der Waals surface area contributed by atoms with Gasteiger partial charge in [0.1, 0.15) is 0 Å². The Morgan fingerprint density at radius 2 is 2.50 bits per heavy atom. The molecule has 1 aromatic rings. The van der Waals surface area contributed by atoms with Crippen LogP contribution >= 0.6 is 11.6 Å². The third kappa shape index (κ3) is 3.46. The zero-order chi connectivity index (χ0) is 13.0. The summed E-state index contributed by atoms with van der Waals surface area (Å²) in [5.41, 5.74) is 0. The summed E-state index contributed by atoms with van der Waals surface area (Å²) in [4.78, 5) is 13.9. The summed E-state index contributed by atoms with van der Waals surface area (Å²) in [6, 6.07) is 0. The molecule has 1 atom stereocenters. The highest BCUT2D eigenvalue weighted by Gasteiger charge is 2.26. The molecule has 0 aromatic carbocycles. The lowest BCUT2D eigenvalue weighted by atomic mass is 9.99. The molecule has 2 heterocycles. The highest BCUT2D eigenvalue weighted by molar-refractivity contribution is 6.30. The maximum absolute atomic E-state index is 11.7. The van der Waals surface area contributed by atoms with Gasteiger partial charge in [0.15, 0.2) is 0 Å². The number of halogens is 1. The average Bonchev–Trinajstić information content (AvgIpc) is 2.75. The first-order valence-corrected chi connectivity index (χ1v) is 6.63. The van der Waals surface area contributed by atoms with Crippen molar-refractivity contribution in [3.63, 3.8) is 0 Å². The van der Waals surface area contributed by atoms with Crippen LogP contribution in [0.25, 0.3) is 0 Å². The molecule has 1 aliphatic rings. The number of ether oxygens (including phenoxy) is 1. The van der Waals surface area contributed by atoms with Gasteiger partial charge in [0.2, 0.25) is 0 Å². The SMILES string of the molecule is CCOC(=O)C1CCCN(Cn2cc(Cl)cn2)C1. The number of hydrogen-bond donors (Lipinski definition) is 0. The van der Waals surface area contributed by atoms with E-state index in [1.54, 1.807) is 17.1 Å². The second kappa shape index (κ2) is 6.20. The van der Waals surface area contributed by atoms with Crippen molar-refractivity contribution in [2.75, 3.05) is 19.7 Å². The van der Waals surface area contributed by atoms with Gasteiger partial charge in [-0.3, -0.25) is 14.4 Å². The maximum Gasteiger partial charge on any atom is 0.310 e. The van der Waals surface area contributed by atoms with Crippen LogP contribution in [0.2, 0.25) is 5.02 Å². The van der Waals surface area contributed by atoms with E-state index >= 15 is 0 Å². The molecular formula is C12H18ClN3O2. The molecule has 0 saturated carbocycles. The first-order chi connectivity index (χ1) is 8.69. The van der Waals surface area contributed by atoms with Crippen LogP contribution in [0.15, 0.2) is 12.4 Å². The molecule has 5 nitrogen and oxygen atoms in total. The van der Waals surface area contributed by atoms with Crippen LogP contribution in [-0.2, 0) is 16.2 Å². The van der Waals surface area contributed by atoms with Crippen LogP contribution in [0.4, 0.5) is 0 Å². The molecule has 1 unspecified atom stereocenters. The van der Waals surface area contributed by atoms with E-state index in [0.29, 0.717) is 18.3 Å². The van der Waals surface area contributed by atoms with E-state index in [9.17, 15) is 4.79 Å². The molecule has 0 N–H and O–H groups in total. The van der Waals surface area contributed by atoms with Crippen molar-refractivity contribution in [2.24, 2.45) is 5.92 Å². The number of nitrogens with zero attached hydrogens (tertiary/aromatic N) is 3. The number of carbonyl (C=O) groups is 1. The smallest absolute Gasteiger partial charge is 0.310 e. The van der Waals surface area contributed by atoms with Crippen molar-refractivity contribution in [1.82, 2.24) is 14.7 Å². The molecule has 0 spiro atoms. The standard InChI is InChI=1S/C12H18ClN3O2/c1-2-18-12(17)10-4-3-5-15(7-10)9-16-8-11(13)6-14-16/h6,8,10H,2-5,7,9H2,1H3. The third-order valence-electron chi connectivity index (χ3n) is 3.07. The second-order valence-electron chi connectivity index (χ2n) is 4.51. The fraction of sp³-hybridized carbons (Fsp3) is 0.667. The maximum atomic E-state index is 11.7. The van der Waals surface area contributed by atoms with Crippen molar-refractivity contribution < 1.29 is 9.53 Å². The van der Waals surface area contributed by atoms with E-state index < -0.39 is 0 Å². The Balaban J connectivity index is 1.88. The number of rotatable bonds is 4. The lowest BCUT2D eigenvalue weighted by molar-refractivity contribution is -0.150. The zero-order valence-electron chi connectivity index (χ0n) is 10.5. The first-order valence-electron chi connectivity index (χ1n) is 6.26. The number of piperidine rings is 1. The van der Waals surface area contributed by atoms with E-state index in [1.807, 2.05) is 6.92 Å². The Bertz CT molecular complexity index is 408. The lowest BCUT2D eigenvalue weighted by Gasteiger charge is -2.31. The van der Waals surface area contributed by atoms with Gasteiger partial charge in [-0.15, -0.1) is 0 Å². The van der Waals surface area contributed by atoms with Gasteiger partial charge in [-0.05, 0) is 26.3 Å². The Morgan fingerprint density at radius 1 is 1.67 bits per heavy atom. The van der Waals surface area contributed by atoms with Crippen molar-refractivity contribution in [3.8, 4) is 0 Å². The summed E-state index contributed by atoms with van der Waals surface area (Å²) >= 11 is 5.82. The van der Waals surface area contributed by atoms with Gasteiger partial charge in [0, 0.05) is 12.7 Å². The van der Waals surface area contributed by atoms with Gasteiger partial charge < -0.3 is 4.74 Å². The molecule has 0 bridgehead atoms. The fourth-order valence-electron chi connectivity index (χ4n) is 2.26. The van der Waals surface area contributed by atoms with Gasteiger partial charge in [-0.1, -0.05) is 11.6 Å². The summed E-state index contributed by atoms with van der Waals surface area (Å²) in [7, 11) is 0. The van der Waals surface area contributed by atoms with E-state index in [-0.39, 0.29) is 11.9 Å². The molecule has 0 amide bonds. The molecular weight excluding hydrogens is 254 g/mol. The summed E-state index contributed by atoms with van der Waals surface area (Å²) in [5, 5.41) is 4.78. The predicted molar refractivity (Wildman–Crippen MR) is 68.2 cm³/mol. The number of aromatic nitrogens is 2. The minimum absolute atomic E-state index is 0.00951. The monoisotopic (exact) mass is 271 g/mol. The topological polar surface area (TPSA) is 47.4 Å². The molecule has 1 aromatic heterocycles. The average molecular weight is 272 g/mol. The first kappa shape index (κ1) is 13.4. The molecule has 1 fully saturated rings. The van der Waals surface area contributed by atoms with Crippen LogP contribution in [0.5, 0.6) is 0 Å². The lowest BCUT2D eigenvalue weighted by Crippen LogP contribution is -2.40. The second-order valence-corrected chi connectivity index (χ2v) is 4.94. The Morgan fingerprint density at radius 3 is 3.17 bits per heavy atom. The molecule has 6 heteroatoms. The van der Waals surface area contributed by atoms with Crippen LogP contribution in [0.3, 0.4) is 0 Å². The largest absolute Gasteiger partial charge is 0.466 e. The summed E-state index contributed by atoms with van der Waals surface area (Å²) < 4.78 is 6.86. The van der Waals surface area contributed by atoms with E-state index in [4.69, 9.17) is 16.3 Å². The minimum Gasteiger partial charge on any atom is -0.466 e. The van der Waals surface area contributed by atoms with E-state index in [1.165, 1.54) is 0 Å². The number of esters is 1. The summed E-state index contributed by atoms with van der Waals surface area (Å²) in [5.74, 6) is -0.0922. The third-order valence-corrected chi connectivity index (χ3v) is 3.27. The zero-order valence-corrected chi connectivity index (χ0v) is 11.3. The highest BCUT2D eigenvalue weighted by Crippen LogP contribution is 2.18. The van der Waals surface area contributed by atoms with Crippen LogP contribution in [-0.4, -0.2) is 40.3 Å². The summed E-state index contributed by atoms with van der Waals surface area (Å²) in [6.07, 6.45) is 5.33. The Kier molecular flexibility index (Phi) is 4.60. The van der Waals surface area contributed by atoms with Crippen LogP contribution in [0.1, 0.15) is 19.8 Å². The van der Waals surface area contributed by atoms with Crippen LogP contribution in [0, 0.1) is 5.92 Å². The molecule has 1 aliphatic heterocycles. The quantitative estimate of drug-likeness (QED) is 0.783. The Hall–Kier alpha value is -1.07. The van der Waals surface area contributed by atoms with Crippen molar-refractivity contribution in [1.29, 1.82) is 0 Å². The molecule has 0 aliphatic carbocycles. The Labute approximate surface area is 112 Å². The van der Waals surface area contributed by atoms with Crippen LogP contribution < -0.4 is 0 Å². The predicted octanol–water partition coefficient (Wildman–Crippen LogP) is 1.77. The summed E-state index contributed by atoms with van der Waals surface area (Å²) in [6.45, 7) is 4.67. The molecule has 2 rings (SSSR count). The van der Waals surface area contributed by atoms with E-state index in [2.05, 4.69) is 10.00 Å². The van der Waals surface area contributed by atoms with Gasteiger partial charge in [-0.25, -0.2) is 0 Å². The highest BCUT2D eigenvalue weighted by atomic mass is 35.5. The van der Waals surface area contributed by atoms with E-state index in [0.717, 1.165) is 25.9 Å². The van der Waals surface area contributed by atoms with Gasteiger partial charge in [0.05, 0.1) is 30.4 Å². The van der Waals surface area contributed by atoms with Crippen molar-refractivity contribution in [2.45, 2.75) is 26.4 Å². The minimum atomic E-state index is -0.0827. The molecule has 0 radical (unpaired) electrons. The molecule has 18 heavy (non-hydrogen) atoms. The number of carbonyl (C=O) groups excluding carboxylic acids is 1. The number of likely N-dealkylation sites (tertiary alicyclic amines) is 1. The fourth-order valence-corrected chi connectivity index (χ4v) is 2.41. The normalized spacial score (nSPS) is 20.9. The van der Waals surface area contributed by atoms with Crippen molar-refractivity contribution in [3.05, 3.63) is 17.4 Å².